The molecule has 1 rings (SSSR count). The zero-order valence-corrected chi connectivity index (χ0v) is 9.60. The van der Waals surface area contributed by atoms with Gasteiger partial charge in [0.2, 0.25) is 0 Å². The number of rotatable bonds is 5. The first kappa shape index (κ1) is 12.4. The number of nitrogen functional groups attached to an aromatic ring is 1. The maximum absolute atomic E-state index is 11.6. The van der Waals surface area contributed by atoms with Crippen LogP contribution in [0.4, 0.5) is 5.82 Å². The monoisotopic (exact) mass is 223 g/mol. The fraction of sp³-hybridized carbons (Fsp3) is 0.500. The van der Waals surface area contributed by atoms with Gasteiger partial charge in [0.15, 0.2) is 5.69 Å². The van der Waals surface area contributed by atoms with E-state index in [9.17, 15) is 4.79 Å². The summed E-state index contributed by atoms with van der Waals surface area (Å²) in [5, 5.41) is 10.1. The highest BCUT2D eigenvalue weighted by Gasteiger charge is 2.06. The zero-order valence-electron chi connectivity index (χ0n) is 9.60. The minimum atomic E-state index is -0.225. The number of hydrogen-bond acceptors (Lipinski definition) is 5. The van der Waals surface area contributed by atoms with Gasteiger partial charge in [-0.05, 0) is 25.7 Å². The van der Waals surface area contributed by atoms with E-state index in [1.54, 1.807) is 12.1 Å². The number of likely N-dealkylation sites (N-methyl/N-ethyl adjacent to an activating group) is 1. The number of carbonyl (C=O) groups is 1. The van der Waals surface area contributed by atoms with Crippen LogP contribution in [0.15, 0.2) is 12.1 Å². The van der Waals surface area contributed by atoms with Crippen LogP contribution in [0.2, 0.25) is 0 Å². The van der Waals surface area contributed by atoms with Gasteiger partial charge in [-0.25, -0.2) is 0 Å². The van der Waals surface area contributed by atoms with Crippen LogP contribution in [-0.2, 0) is 0 Å². The van der Waals surface area contributed by atoms with Crippen molar-refractivity contribution >= 4 is 11.7 Å². The summed E-state index contributed by atoms with van der Waals surface area (Å²) >= 11 is 0. The van der Waals surface area contributed by atoms with Gasteiger partial charge in [0, 0.05) is 13.1 Å². The second kappa shape index (κ2) is 6.02. The summed E-state index contributed by atoms with van der Waals surface area (Å²) in [7, 11) is 2.00. The van der Waals surface area contributed by atoms with Gasteiger partial charge in [-0.2, -0.15) is 0 Å². The molecule has 1 aromatic rings. The zero-order chi connectivity index (χ0) is 12.0. The van der Waals surface area contributed by atoms with Gasteiger partial charge in [-0.3, -0.25) is 4.79 Å². The predicted octanol–water partition coefficient (Wildman–Crippen LogP) is -0.260. The van der Waals surface area contributed by atoms with Crippen molar-refractivity contribution in [3.63, 3.8) is 0 Å². The molecule has 0 spiro atoms. The first-order valence-electron chi connectivity index (χ1n) is 5.19. The van der Waals surface area contributed by atoms with Crippen LogP contribution >= 0.6 is 0 Å². The Morgan fingerprint density at radius 1 is 1.50 bits per heavy atom. The summed E-state index contributed by atoms with van der Waals surface area (Å²) in [6, 6.07) is 3.11. The summed E-state index contributed by atoms with van der Waals surface area (Å²) in [4.78, 5) is 13.7. The van der Waals surface area contributed by atoms with E-state index in [1.165, 1.54) is 0 Å². The SMILES string of the molecule is CCN(C)CCNC(=O)c1ccc(N)nn1. The smallest absolute Gasteiger partial charge is 0.271 e. The van der Waals surface area contributed by atoms with Crippen LogP contribution < -0.4 is 11.1 Å². The van der Waals surface area contributed by atoms with Crippen molar-refractivity contribution in [3.8, 4) is 0 Å². The number of aromatic nitrogens is 2. The Kier molecular flexibility index (Phi) is 4.65. The van der Waals surface area contributed by atoms with E-state index < -0.39 is 0 Å². The molecular weight excluding hydrogens is 206 g/mol. The molecule has 1 aromatic heterocycles. The minimum Gasteiger partial charge on any atom is -0.382 e. The van der Waals surface area contributed by atoms with E-state index in [-0.39, 0.29) is 11.6 Å². The van der Waals surface area contributed by atoms with Crippen LogP contribution in [0.1, 0.15) is 17.4 Å². The summed E-state index contributed by atoms with van der Waals surface area (Å²) in [6.45, 7) is 4.42. The normalized spacial score (nSPS) is 10.4. The van der Waals surface area contributed by atoms with Crippen LogP contribution in [0.5, 0.6) is 0 Å². The number of hydrogen-bond donors (Lipinski definition) is 2. The van der Waals surface area contributed by atoms with Crippen molar-refractivity contribution < 1.29 is 4.79 Å². The Hall–Kier alpha value is -1.69. The van der Waals surface area contributed by atoms with Crippen molar-refractivity contribution in [1.29, 1.82) is 0 Å². The third-order valence-electron chi connectivity index (χ3n) is 2.24. The van der Waals surface area contributed by atoms with Crippen molar-refractivity contribution in [2.45, 2.75) is 6.92 Å². The molecule has 1 heterocycles. The van der Waals surface area contributed by atoms with Crippen LogP contribution in [0.25, 0.3) is 0 Å². The lowest BCUT2D eigenvalue weighted by Crippen LogP contribution is -2.33. The number of nitrogens with zero attached hydrogens (tertiary/aromatic N) is 3. The number of amides is 1. The summed E-state index contributed by atoms with van der Waals surface area (Å²) in [5.74, 6) is 0.0827. The molecule has 0 fully saturated rings. The highest BCUT2D eigenvalue weighted by molar-refractivity contribution is 5.92. The molecule has 0 unspecified atom stereocenters. The van der Waals surface area contributed by atoms with Crippen molar-refractivity contribution in [3.05, 3.63) is 17.8 Å². The van der Waals surface area contributed by atoms with Crippen molar-refractivity contribution in [1.82, 2.24) is 20.4 Å². The Labute approximate surface area is 94.8 Å². The molecular formula is C10H17N5O. The van der Waals surface area contributed by atoms with E-state index in [1.807, 2.05) is 7.05 Å². The number of nitrogens with one attached hydrogen (secondary N) is 1. The first-order chi connectivity index (χ1) is 7.63. The van der Waals surface area contributed by atoms with E-state index in [2.05, 4.69) is 27.3 Å². The van der Waals surface area contributed by atoms with E-state index in [0.717, 1.165) is 13.1 Å². The fourth-order valence-corrected chi connectivity index (χ4v) is 1.07. The Morgan fingerprint density at radius 3 is 2.81 bits per heavy atom. The first-order valence-corrected chi connectivity index (χ1v) is 5.19. The van der Waals surface area contributed by atoms with E-state index in [4.69, 9.17) is 5.73 Å². The lowest BCUT2D eigenvalue weighted by molar-refractivity contribution is 0.0944. The summed E-state index contributed by atoms with van der Waals surface area (Å²) in [6.07, 6.45) is 0. The second-order valence-electron chi connectivity index (χ2n) is 3.50. The van der Waals surface area contributed by atoms with E-state index >= 15 is 0 Å². The van der Waals surface area contributed by atoms with E-state index in [0.29, 0.717) is 12.4 Å². The molecule has 3 N–H and O–H groups in total. The van der Waals surface area contributed by atoms with Gasteiger partial charge >= 0.3 is 0 Å². The quantitative estimate of drug-likeness (QED) is 0.718. The average molecular weight is 223 g/mol. The van der Waals surface area contributed by atoms with Crippen LogP contribution in [-0.4, -0.2) is 47.7 Å². The Balaban J connectivity index is 2.38. The molecule has 1 amide bonds. The second-order valence-corrected chi connectivity index (χ2v) is 3.50. The summed E-state index contributed by atoms with van der Waals surface area (Å²) < 4.78 is 0. The van der Waals surface area contributed by atoms with Crippen LogP contribution in [0, 0.1) is 0 Å². The maximum Gasteiger partial charge on any atom is 0.271 e. The standard InChI is InChI=1S/C10H17N5O/c1-3-15(2)7-6-12-10(16)8-4-5-9(11)14-13-8/h4-5H,3,6-7H2,1-2H3,(H2,11,14)(H,12,16). The largest absolute Gasteiger partial charge is 0.382 e. The van der Waals surface area contributed by atoms with Gasteiger partial charge in [0.1, 0.15) is 5.82 Å². The third-order valence-corrected chi connectivity index (χ3v) is 2.24. The highest BCUT2D eigenvalue weighted by atomic mass is 16.1. The molecule has 6 nitrogen and oxygen atoms in total. The van der Waals surface area contributed by atoms with Crippen molar-refractivity contribution in [2.24, 2.45) is 0 Å². The van der Waals surface area contributed by atoms with Gasteiger partial charge in [-0.15, -0.1) is 10.2 Å². The molecule has 0 aliphatic rings. The topological polar surface area (TPSA) is 84.1 Å². The molecule has 6 heteroatoms. The third kappa shape index (κ3) is 3.82. The number of anilines is 1. The molecule has 0 aliphatic heterocycles. The molecule has 0 radical (unpaired) electrons. The molecule has 0 saturated heterocycles. The van der Waals surface area contributed by atoms with Gasteiger partial charge in [0.05, 0.1) is 0 Å². The van der Waals surface area contributed by atoms with Gasteiger partial charge in [-0.1, -0.05) is 6.92 Å². The Bertz CT molecular complexity index is 338. The van der Waals surface area contributed by atoms with Crippen molar-refractivity contribution in [2.75, 3.05) is 32.4 Å². The van der Waals surface area contributed by atoms with Gasteiger partial charge in [0.25, 0.3) is 5.91 Å². The fourth-order valence-electron chi connectivity index (χ4n) is 1.07. The molecule has 16 heavy (non-hydrogen) atoms. The summed E-state index contributed by atoms with van der Waals surface area (Å²) in [5.41, 5.74) is 5.66. The lowest BCUT2D eigenvalue weighted by atomic mass is 10.3. The molecule has 0 aromatic carbocycles. The molecule has 0 bridgehead atoms. The molecule has 0 atom stereocenters. The number of carbonyl (C=O) groups excluding carboxylic acids is 1. The highest BCUT2D eigenvalue weighted by Crippen LogP contribution is 1.96. The lowest BCUT2D eigenvalue weighted by Gasteiger charge is -2.13. The van der Waals surface area contributed by atoms with Gasteiger partial charge < -0.3 is 16.0 Å². The average Bonchev–Trinajstić information content (AvgIpc) is 2.29. The predicted molar refractivity (Wildman–Crippen MR) is 61.9 cm³/mol. The molecule has 0 aliphatic carbocycles. The maximum atomic E-state index is 11.6. The molecule has 0 saturated carbocycles. The number of nitrogens with two attached hydrogens (primary N) is 1. The molecule has 88 valence electrons. The Morgan fingerprint density at radius 2 is 2.25 bits per heavy atom. The van der Waals surface area contributed by atoms with Crippen LogP contribution in [0.3, 0.4) is 0 Å². The minimum absolute atomic E-state index is 0.225.